The van der Waals surface area contributed by atoms with Crippen LogP contribution in [0.15, 0.2) is 35.3 Å². The van der Waals surface area contributed by atoms with Gasteiger partial charge in [0.05, 0.1) is 0 Å². The van der Waals surface area contributed by atoms with Crippen LogP contribution in [0.2, 0.25) is 0 Å². The lowest BCUT2D eigenvalue weighted by Crippen LogP contribution is -2.13. The van der Waals surface area contributed by atoms with Crippen molar-refractivity contribution in [1.29, 1.82) is 5.41 Å². The molecule has 0 aliphatic carbocycles. The molecule has 1 aromatic carbocycles. The van der Waals surface area contributed by atoms with E-state index in [4.69, 9.17) is 10.5 Å². The molecular weight excluding hydrogens is 324 g/mol. The molecule has 2 rings (SSSR count). The Morgan fingerprint density at radius 3 is 2.62 bits per heavy atom. The SMILES string of the molecule is CC(=N)N=C([OH2+])c1sc(NC(=O)CC(C)C)nc1-c1ccccc1. The number of thiazole rings is 1. The van der Waals surface area contributed by atoms with Gasteiger partial charge in [0.2, 0.25) is 5.91 Å². The lowest BCUT2D eigenvalue weighted by atomic mass is 10.1. The third-order valence-electron chi connectivity index (χ3n) is 3.01. The smallest absolute Gasteiger partial charge is 0.378 e. The molecule has 0 bridgehead atoms. The second kappa shape index (κ2) is 7.83. The number of rotatable bonds is 5. The van der Waals surface area contributed by atoms with Crippen molar-refractivity contribution in [2.24, 2.45) is 10.9 Å². The van der Waals surface area contributed by atoms with E-state index in [1.165, 1.54) is 18.3 Å². The Bertz CT molecular complexity index is 766. The number of amides is 1. The van der Waals surface area contributed by atoms with E-state index >= 15 is 0 Å². The predicted molar refractivity (Wildman–Crippen MR) is 99.2 cm³/mol. The van der Waals surface area contributed by atoms with E-state index in [9.17, 15) is 4.79 Å². The van der Waals surface area contributed by atoms with Gasteiger partial charge in [-0.05, 0) is 12.8 Å². The van der Waals surface area contributed by atoms with Gasteiger partial charge in [-0.25, -0.2) is 4.98 Å². The fourth-order valence-corrected chi connectivity index (χ4v) is 2.98. The maximum Gasteiger partial charge on any atom is 0.378 e. The molecule has 1 heterocycles. The summed E-state index contributed by atoms with van der Waals surface area (Å²) in [5, 5.41) is 18.8. The summed E-state index contributed by atoms with van der Waals surface area (Å²) in [5.74, 6) is 0.185. The molecule has 4 N–H and O–H groups in total. The number of hydrogen-bond acceptors (Lipinski definition) is 4. The second-order valence-corrected chi connectivity index (χ2v) is 6.75. The van der Waals surface area contributed by atoms with Crippen molar-refractivity contribution in [3.05, 3.63) is 35.2 Å². The third-order valence-corrected chi connectivity index (χ3v) is 3.99. The highest BCUT2D eigenvalue weighted by Crippen LogP contribution is 2.31. The van der Waals surface area contributed by atoms with Crippen molar-refractivity contribution >= 4 is 34.1 Å². The van der Waals surface area contributed by atoms with Gasteiger partial charge in [0.1, 0.15) is 11.5 Å². The van der Waals surface area contributed by atoms with Gasteiger partial charge in [0, 0.05) is 12.0 Å². The van der Waals surface area contributed by atoms with E-state index in [2.05, 4.69) is 15.3 Å². The van der Waals surface area contributed by atoms with Crippen LogP contribution in [0.3, 0.4) is 0 Å². The van der Waals surface area contributed by atoms with Gasteiger partial charge in [-0.3, -0.25) is 10.2 Å². The molecule has 126 valence electrons. The Balaban J connectivity index is 2.41. The summed E-state index contributed by atoms with van der Waals surface area (Å²) in [7, 11) is 0. The first kappa shape index (κ1) is 17.8. The van der Waals surface area contributed by atoms with Crippen molar-refractivity contribution in [3.63, 3.8) is 0 Å². The molecular formula is C17H21N4O2S+. The maximum atomic E-state index is 12.0. The van der Waals surface area contributed by atoms with Crippen LogP contribution in [0, 0.1) is 11.3 Å². The molecule has 1 amide bonds. The maximum absolute atomic E-state index is 12.0. The summed E-state index contributed by atoms with van der Waals surface area (Å²) >= 11 is 1.20. The zero-order chi connectivity index (χ0) is 17.7. The van der Waals surface area contributed by atoms with Crippen LogP contribution in [0.5, 0.6) is 0 Å². The molecule has 1 aromatic heterocycles. The highest BCUT2D eigenvalue weighted by Gasteiger charge is 2.22. The number of benzene rings is 1. The standard InChI is InChI=1S/C17H20N4O2S/c1-10(2)9-13(22)20-17-21-14(12-7-5-4-6-8-12)15(24-17)16(23)19-11(3)18/h4-8,10H,9H2,1-3H3,(H2,18,19,23)(H,20,21,22)/p+1. The Morgan fingerprint density at radius 1 is 1.38 bits per heavy atom. The molecule has 0 saturated carbocycles. The van der Waals surface area contributed by atoms with E-state index in [-0.39, 0.29) is 23.6 Å². The molecule has 0 aliphatic rings. The monoisotopic (exact) mass is 345 g/mol. The number of nitrogens with zero attached hydrogens (tertiary/aromatic N) is 2. The minimum absolute atomic E-state index is 0.0248. The van der Waals surface area contributed by atoms with Crippen LogP contribution in [0.1, 0.15) is 32.1 Å². The highest BCUT2D eigenvalue weighted by molar-refractivity contribution is 7.18. The summed E-state index contributed by atoms with van der Waals surface area (Å²) < 4.78 is 0. The summed E-state index contributed by atoms with van der Waals surface area (Å²) in [5.41, 5.74) is 1.44. The molecule has 0 saturated heterocycles. The van der Waals surface area contributed by atoms with E-state index in [0.29, 0.717) is 22.1 Å². The van der Waals surface area contributed by atoms with Gasteiger partial charge in [-0.2, -0.15) is 0 Å². The van der Waals surface area contributed by atoms with Crippen LogP contribution < -0.4 is 5.32 Å². The van der Waals surface area contributed by atoms with E-state index in [1.807, 2.05) is 44.2 Å². The van der Waals surface area contributed by atoms with Crippen molar-refractivity contribution in [1.82, 2.24) is 4.98 Å². The van der Waals surface area contributed by atoms with Crippen LogP contribution in [-0.4, -0.2) is 27.7 Å². The van der Waals surface area contributed by atoms with Gasteiger partial charge in [0.15, 0.2) is 10.0 Å². The predicted octanol–water partition coefficient (Wildman–Crippen LogP) is 3.26. The molecule has 6 nitrogen and oxygen atoms in total. The van der Waals surface area contributed by atoms with E-state index < -0.39 is 0 Å². The second-order valence-electron chi connectivity index (χ2n) is 5.75. The largest absolute Gasteiger partial charge is 0.578 e. The van der Waals surface area contributed by atoms with Crippen LogP contribution in [0.25, 0.3) is 11.3 Å². The molecule has 24 heavy (non-hydrogen) atoms. The number of amidine groups is 1. The topological polar surface area (TPSA) is 101 Å². The average molecular weight is 345 g/mol. The van der Waals surface area contributed by atoms with Gasteiger partial charge >= 0.3 is 5.90 Å². The van der Waals surface area contributed by atoms with Crippen molar-refractivity contribution in [3.8, 4) is 11.3 Å². The highest BCUT2D eigenvalue weighted by atomic mass is 32.1. The zero-order valence-electron chi connectivity index (χ0n) is 13.9. The number of carbonyl (C=O) groups excluding carboxylic acids is 1. The molecule has 0 fully saturated rings. The summed E-state index contributed by atoms with van der Waals surface area (Å²) in [6.45, 7) is 5.47. The molecule has 0 radical (unpaired) electrons. The molecule has 0 aliphatic heterocycles. The molecule has 0 spiro atoms. The Morgan fingerprint density at radius 2 is 2.04 bits per heavy atom. The Hall–Kier alpha value is -2.54. The summed E-state index contributed by atoms with van der Waals surface area (Å²) in [6.07, 6.45) is 0.414. The molecule has 2 aromatic rings. The lowest BCUT2D eigenvalue weighted by molar-refractivity contribution is -0.116. The minimum Gasteiger partial charge on any atom is -0.578 e. The average Bonchev–Trinajstić information content (AvgIpc) is 2.90. The normalized spacial score (nSPS) is 11.6. The van der Waals surface area contributed by atoms with Crippen LogP contribution in [0.4, 0.5) is 5.13 Å². The van der Waals surface area contributed by atoms with E-state index in [0.717, 1.165) is 5.56 Å². The first-order chi connectivity index (χ1) is 11.4. The van der Waals surface area contributed by atoms with Gasteiger partial charge in [0.25, 0.3) is 0 Å². The molecule has 7 heteroatoms. The summed E-state index contributed by atoms with van der Waals surface area (Å²) in [4.78, 5) is 20.9. The van der Waals surface area contributed by atoms with Crippen LogP contribution >= 0.6 is 11.3 Å². The molecule has 0 atom stereocenters. The van der Waals surface area contributed by atoms with Crippen molar-refractivity contribution < 1.29 is 9.90 Å². The zero-order valence-corrected chi connectivity index (χ0v) is 14.7. The minimum atomic E-state index is -0.100. The van der Waals surface area contributed by atoms with Crippen molar-refractivity contribution in [2.75, 3.05) is 5.32 Å². The van der Waals surface area contributed by atoms with Crippen molar-refractivity contribution in [2.45, 2.75) is 27.2 Å². The first-order valence-corrected chi connectivity index (χ1v) is 8.40. The number of aromatic nitrogens is 1. The lowest BCUT2D eigenvalue weighted by Gasteiger charge is -2.03. The van der Waals surface area contributed by atoms with Crippen LogP contribution in [-0.2, 0) is 4.79 Å². The Labute approximate surface area is 144 Å². The van der Waals surface area contributed by atoms with Gasteiger partial charge in [-0.15, -0.1) is 4.99 Å². The molecule has 0 unspecified atom stereocenters. The number of nitrogens with one attached hydrogen (secondary N) is 2. The Kier molecular flexibility index (Phi) is 5.81. The quantitative estimate of drug-likeness (QED) is 0.493. The number of aliphatic imine (C=N–C) groups is 1. The third kappa shape index (κ3) is 4.73. The fourth-order valence-electron chi connectivity index (χ4n) is 2.09. The number of hydrogen-bond donors (Lipinski definition) is 2. The van der Waals surface area contributed by atoms with Gasteiger partial charge in [-0.1, -0.05) is 55.5 Å². The van der Waals surface area contributed by atoms with Gasteiger partial charge < -0.3 is 10.4 Å². The van der Waals surface area contributed by atoms with E-state index in [1.54, 1.807) is 0 Å². The fraction of sp³-hybridized carbons (Fsp3) is 0.294. The number of carbonyl (C=O) groups is 1. The first-order valence-electron chi connectivity index (χ1n) is 7.58. The number of anilines is 1. The summed E-state index contributed by atoms with van der Waals surface area (Å²) in [6, 6.07) is 9.46.